The Morgan fingerprint density at radius 1 is 0.862 bits per heavy atom. The lowest BCUT2D eigenvalue weighted by Gasteiger charge is -2.25. The Morgan fingerprint density at radius 3 is 2.28 bits per heavy atom. The fraction of sp³-hybridized carbons (Fsp3) is 0.0435. The van der Waals surface area contributed by atoms with Crippen molar-refractivity contribution in [3.05, 3.63) is 108 Å². The van der Waals surface area contributed by atoms with Crippen molar-refractivity contribution in [2.45, 2.75) is 6.17 Å². The Labute approximate surface area is 167 Å². The number of rotatable bonds is 3. The third-order valence-electron chi connectivity index (χ3n) is 4.78. The second-order valence-electron chi connectivity index (χ2n) is 6.72. The molecule has 6 heteroatoms. The quantitative estimate of drug-likeness (QED) is 0.524. The molecule has 142 valence electrons. The average Bonchev–Trinajstić information content (AvgIpc) is 3.20. The molecule has 1 aliphatic rings. The van der Waals surface area contributed by atoms with Gasteiger partial charge < -0.3 is 10.6 Å². The second kappa shape index (κ2) is 7.24. The van der Waals surface area contributed by atoms with Crippen LogP contribution in [0.5, 0.6) is 0 Å². The first-order valence-electron chi connectivity index (χ1n) is 9.33. The topological polar surface area (TPSA) is 54.2 Å². The molecule has 29 heavy (non-hydrogen) atoms. The fourth-order valence-corrected chi connectivity index (χ4v) is 3.35. The van der Waals surface area contributed by atoms with Crippen molar-refractivity contribution in [1.29, 1.82) is 0 Å². The minimum absolute atomic E-state index is 0.272. The van der Waals surface area contributed by atoms with Crippen molar-refractivity contribution < 1.29 is 4.39 Å². The third-order valence-corrected chi connectivity index (χ3v) is 4.78. The van der Waals surface area contributed by atoms with E-state index >= 15 is 0 Å². The predicted octanol–water partition coefficient (Wildman–Crippen LogP) is 4.99. The van der Waals surface area contributed by atoms with Crippen LogP contribution in [0.25, 0.3) is 5.69 Å². The molecule has 2 N–H and O–H groups in total. The van der Waals surface area contributed by atoms with Crippen LogP contribution < -0.4 is 10.6 Å². The van der Waals surface area contributed by atoms with E-state index in [1.807, 2.05) is 65.3 Å². The summed E-state index contributed by atoms with van der Waals surface area (Å²) in [6.07, 6.45) is 1.43. The molecule has 0 aliphatic carbocycles. The summed E-state index contributed by atoms with van der Waals surface area (Å²) in [5.74, 6) is 1.27. The van der Waals surface area contributed by atoms with Gasteiger partial charge in [-0.05, 0) is 42.0 Å². The zero-order chi connectivity index (χ0) is 19.6. The lowest BCUT2D eigenvalue weighted by molar-refractivity contribution is 0.626. The van der Waals surface area contributed by atoms with Gasteiger partial charge in [0.05, 0.1) is 17.4 Å². The van der Waals surface area contributed by atoms with Gasteiger partial charge >= 0.3 is 0 Å². The van der Waals surface area contributed by atoms with E-state index in [4.69, 9.17) is 4.99 Å². The molecular weight excluding hydrogens is 365 g/mol. The van der Waals surface area contributed by atoms with Gasteiger partial charge in [-0.2, -0.15) is 5.10 Å². The van der Waals surface area contributed by atoms with Gasteiger partial charge in [-0.15, -0.1) is 0 Å². The summed E-state index contributed by atoms with van der Waals surface area (Å²) in [5.41, 5.74) is 3.62. The standard InChI is InChI=1S/C23H18FN5/c24-17-13-11-16(12-14-17)21-27-22(26-18-7-3-1-4-8-18)20-15-25-29(23(20)28-21)19-9-5-2-6-10-19/h1-15,21,28H,(H,26,27)/t21-/m1/s1. The molecule has 0 spiro atoms. The van der Waals surface area contributed by atoms with Crippen LogP contribution in [0.2, 0.25) is 0 Å². The van der Waals surface area contributed by atoms with Gasteiger partial charge in [-0.25, -0.2) is 14.1 Å². The monoisotopic (exact) mass is 383 g/mol. The van der Waals surface area contributed by atoms with E-state index in [0.29, 0.717) is 5.84 Å². The van der Waals surface area contributed by atoms with Gasteiger partial charge in [-0.1, -0.05) is 48.5 Å². The maximum atomic E-state index is 13.4. The Morgan fingerprint density at radius 2 is 1.55 bits per heavy atom. The molecule has 0 amide bonds. The molecule has 3 aromatic carbocycles. The third kappa shape index (κ3) is 3.36. The molecule has 5 nitrogen and oxygen atoms in total. The van der Waals surface area contributed by atoms with Crippen LogP contribution in [-0.2, 0) is 0 Å². The van der Waals surface area contributed by atoms with Gasteiger partial charge in [0, 0.05) is 5.69 Å². The van der Waals surface area contributed by atoms with E-state index in [1.54, 1.807) is 18.3 Å². The summed E-state index contributed by atoms with van der Waals surface area (Å²) in [6, 6.07) is 26.2. The smallest absolute Gasteiger partial charge is 0.148 e. The molecule has 0 unspecified atom stereocenters. The maximum Gasteiger partial charge on any atom is 0.148 e. The summed E-state index contributed by atoms with van der Waals surface area (Å²) in [5, 5.41) is 11.4. The van der Waals surface area contributed by atoms with Crippen molar-refractivity contribution >= 4 is 17.3 Å². The molecule has 0 fully saturated rings. The Bertz CT molecular complexity index is 1150. The summed E-state index contributed by atoms with van der Waals surface area (Å²) < 4.78 is 15.3. The van der Waals surface area contributed by atoms with E-state index in [2.05, 4.69) is 15.7 Å². The van der Waals surface area contributed by atoms with E-state index in [0.717, 1.165) is 28.3 Å². The van der Waals surface area contributed by atoms with Crippen LogP contribution in [0.1, 0.15) is 17.3 Å². The minimum Gasteiger partial charge on any atom is -0.344 e. The highest BCUT2D eigenvalue weighted by Crippen LogP contribution is 2.32. The number of aromatic nitrogens is 2. The lowest BCUT2D eigenvalue weighted by atomic mass is 10.1. The second-order valence-corrected chi connectivity index (χ2v) is 6.72. The first-order valence-corrected chi connectivity index (χ1v) is 9.33. The number of hydrogen-bond donors (Lipinski definition) is 2. The Hall–Kier alpha value is -3.93. The zero-order valence-electron chi connectivity index (χ0n) is 15.5. The normalized spacial score (nSPS) is 15.2. The van der Waals surface area contributed by atoms with Gasteiger partial charge in [0.15, 0.2) is 0 Å². The van der Waals surface area contributed by atoms with Crippen LogP contribution in [0.4, 0.5) is 15.9 Å². The molecule has 1 atom stereocenters. The SMILES string of the molecule is Fc1ccc([C@@H]2N=C(Nc3ccccc3)c3cnn(-c4ccccc4)c3N2)cc1. The van der Waals surface area contributed by atoms with E-state index in [1.165, 1.54) is 12.1 Å². The van der Waals surface area contributed by atoms with Gasteiger partial charge in [-0.3, -0.25) is 0 Å². The number of hydrogen-bond acceptors (Lipinski definition) is 4. The van der Waals surface area contributed by atoms with Crippen molar-refractivity contribution in [1.82, 2.24) is 9.78 Å². The average molecular weight is 383 g/mol. The van der Waals surface area contributed by atoms with E-state index in [-0.39, 0.29) is 12.0 Å². The molecule has 0 radical (unpaired) electrons. The highest BCUT2D eigenvalue weighted by molar-refractivity contribution is 6.12. The predicted molar refractivity (Wildman–Crippen MR) is 113 cm³/mol. The number of halogens is 1. The number of para-hydroxylation sites is 2. The fourth-order valence-electron chi connectivity index (χ4n) is 3.35. The molecule has 0 bridgehead atoms. The molecule has 0 saturated carbocycles. The summed E-state index contributed by atoms with van der Waals surface area (Å²) in [7, 11) is 0. The number of anilines is 2. The number of nitrogens with zero attached hydrogens (tertiary/aromatic N) is 3. The van der Waals surface area contributed by atoms with Crippen molar-refractivity contribution in [3.63, 3.8) is 0 Å². The molecular formula is C23H18FN5. The minimum atomic E-state index is -0.367. The van der Waals surface area contributed by atoms with E-state index < -0.39 is 0 Å². The first-order chi connectivity index (χ1) is 14.3. The molecule has 2 heterocycles. The van der Waals surface area contributed by atoms with Gasteiger partial charge in [0.25, 0.3) is 0 Å². The van der Waals surface area contributed by atoms with Crippen LogP contribution in [-0.4, -0.2) is 15.6 Å². The molecule has 1 aromatic heterocycles. The van der Waals surface area contributed by atoms with Crippen LogP contribution >= 0.6 is 0 Å². The van der Waals surface area contributed by atoms with Crippen LogP contribution in [0.3, 0.4) is 0 Å². The Kier molecular flexibility index (Phi) is 4.29. The number of benzene rings is 3. The van der Waals surface area contributed by atoms with Crippen molar-refractivity contribution in [3.8, 4) is 5.69 Å². The number of fused-ring (bicyclic) bond motifs is 1. The van der Waals surface area contributed by atoms with Crippen LogP contribution in [0.15, 0.2) is 96.1 Å². The number of amidine groups is 1. The highest BCUT2D eigenvalue weighted by Gasteiger charge is 2.26. The summed E-state index contributed by atoms with van der Waals surface area (Å²) >= 11 is 0. The van der Waals surface area contributed by atoms with Gasteiger partial charge in [0.1, 0.15) is 23.6 Å². The highest BCUT2D eigenvalue weighted by atomic mass is 19.1. The number of nitrogens with one attached hydrogen (secondary N) is 2. The lowest BCUT2D eigenvalue weighted by Crippen LogP contribution is -2.25. The van der Waals surface area contributed by atoms with Crippen molar-refractivity contribution in [2.75, 3.05) is 10.6 Å². The molecule has 4 aromatic rings. The summed E-state index contributed by atoms with van der Waals surface area (Å²) in [6.45, 7) is 0. The molecule has 0 saturated heterocycles. The number of aliphatic imine (C=N–C) groups is 1. The van der Waals surface area contributed by atoms with Gasteiger partial charge in [0.2, 0.25) is 0 Å². The van der Waals surface area contributed by atoms with E-state index in [9.17, 15) is 4.39 Å². The largest absolute Gasteiger partial charge is 0.344 e. The Balaban J connectivity index is 1.59. The summed E-state index contributed by atoms with van der Waals surface area (Å²) in [4.78, 5) is 4.84. The van der Waals surface area contributed by atoms with Crippen molar-refractivity contribution in [2.24, 2.45) is 4.99 Å². The first kappa shape index (κ1) is 17.2. The molecule has 5 rings (SSSR count). The van der Waals surface area contributed by atoms with Crippen LogP contribution in [0, 0.1) is 5.82 Å². The molecule has 1 aliphatic heterocycles. The maximum absolute atomic E-state index is 13.4. The zero-order valence-corrected chi connectivity index (χ0v) is 15.5.